The third-order valence-electron chi connectivity index (χ3n) is 5.06. The molecule has 2 saturated heterocycles. The third kappa shape index (κ3) is 4.24. The second kappa shape index (κ2) is 7.62. The van der Waals surface area contributed by atoms with Gasteiger partial charge in [-0.1, -0.05) is 0 Å². The largest absolute Gasteiger partial charge is 0.333 e. The van der Waals surface area contributed by atoms with Crippen molar-refractivity contribution >= 4 is 29.4 Å². The summed E-state index contributed by atoms with van der Waals surface area (Å²) in [5, 5.41) is 13.8. The molecule has 2 heterocycles. The lowest BCUT2D eigenvalue weighted by atomic mass is 10.0. The summed E-state index contributed by atoms with van der Waals surface area (Å²) in [6.45, 7) is 7.70. The average molecular weight is 407 g/mol. The normalized spacial score (nSPS) is 19.0. The van der Waals surface area contributed by atoms with Crippen LogP contribution in [0.1, 0.15) is 44.0 Å². The molecule has 9 heteroatoms. The van der Waals surface area contributed by atoms with Crippen molar-refractivity contribution in [2.75, 3.05) is 25.4 Å². The van der Waals surface area contributed by atoms with Gasteiger partial charge in [-0.2, -0.15) is 0 Å². The lowest BCUT2D eigenvalue weighted by molar-refractivity contribution is -0.384. The summed E-state index contributed by atoms with van der Waals surface area (Å²) < 4.78 is 0. The Morgan fingerprint density at radius 3 is 2.29 bits per heavy atom. The number of carbonyl (C=O) groups is 2. The van der Waals surface area contributed by atoms with Gasteiger partial charge in [-0.25, -0.2) is 4.79 Å². The second-order valence-corrected chi connectivity index (χ2v) is 9.68. The number of urea groups is 1. The van der Waals surface area contributed by atoms with E-state index in [1.165, 1.54) is 24.3 Å². The minimum atomic E-state index is -0.472. The van der Waals surface area contributed by atoms with Crippen molar-refractivity contribution in [1.82, 2.24) is 15.1 Å². The number of thioether (sulfide) groups is 1. The number of nitrogens with one attached hydrogen (secondary N) is 1. The molecule has 28 heavy (non-hydrogen) atoms. The number of non-ortho nitro benzene ring substituents is 1. The summed E-state index contributed by atoms with van der Waals surface area (Å²) in [5.41, 5.74) is 0.146. The van der Waals surface area contributed by atoms with Crippen LogP contribution >= 0.6 is 11.8 Å². The molecule has 1 N–H and O–H groups in total. The fraction of sp³-hybridized carbons (Fsp3) is 0.579. The standard InChI is InChI=1S/C19H26N4O4S/c1-18(2,3)20-17(25)21-10-8-19(9-11-21)22(12-13-28-19)16(24)14-4-6-15(7-5-14)23(26)27/h4-7H,8-13H2,1-3H3,(H,20,25). The summed E-state index contributed by atoms with van der Waals surface area (Å²) in [6, 6.07) is 5.69. The van der Waals surface area contributed by atoms with Crippen molar-refractivity contribution in [3.63, 3.8) is 0 Å². The van der Waals surface area contributed by atoms with Crippen LogP contribution in [-0.2, 0) is 0 Å². The van der Waals surface area contributed by atoms with Crippen LogP contribution in [0.15, 0.2) is 24.3 Å². The maximum absolute atomic E-state index is 13.1. The Hall–Kier alpha value is -2.29. The molecule has 0 unspecified atom stereocenters. The highest BCUT2D eigenvalue weighted by Gasteiger charge is 2.47. The SMILES string of the molecule is CC(C)(C)NC(=O)N1CCC2(CC1)SCCN2C(=O)c1ccc([N+](=O)[O-])cc1. The minimum Gasteiger partial charge on any atom is -0.333 e. The first-order valence-electron chi connectivity index (χ1n) is 9.39. The number of hydrogen-bond donors (Lipinski definition) is 1. The highest BCUT2D eigenvalue weighted by Crippen LogP contribution is 2.44. The molecule has 0 bridgehead atoms. The molecule has 1 aromatic rings. The average Bonchev–Trinajstić information content (AvgIpc) is 3.03. The van der Waals surface area contributed by atoms with E-state index < -0.39 is 4.92 Å². The number of likely N-dealkylation sites (tertiary alicyclic amines) is 1. The van der Waals surface area contributed by atoms with E-state index in [1.807, 2.05) is 30.6 Å². The molecule has 3 rings (SSSR count). The van der Waals surface area contributed by atoms with Gasteiger partial charge in [-0.05, 0) is 45.7 Å². The first kappa shape index (κ1) is 20.4. The number of amides is 3. The van der Waals surface area contributed by atoms with E-state index >= 15 is 0 Å². The number of carbonyl (C=O) groups excluding carboxylic acids is 2. The lowest BCUT2D eigenvalue weighted by Crippen LogP contribution is -2.56. The highest BCUT2D eigenvalue weighted by atomic mass is 32.2. The van der Waals surface area contributed by atoms with Crippen LogP contribution in [0.5, 0.6) is 0 Å². The Labute approximate surface area is 168 Å². The van der Waals surface area contributed by atoms with Gasteiger partial charge in [-0.3, -0.25) is 14.9 Å². The quantitative estimate of drug-likeness (QED) is 0.601. The van der Waals surface area contributed by atoms with Crippen molar-refractivity contribution in [2.45, 2.75) is 44.0 Å². The molecule has 0 aromatic heterocycles. The highest BCUT2D eigenvalue weighted by molar-refractivity contribution is 8.00. The van der Waals surface area contributed by atoms with Crippen LogP contribution < -0.4 is 5.32 Å². The molecule has 2 fully saturated rings. The van der Waals surface area contributed by atoms with E-state index in [4.69, 9.17) is 0 Å². The van der Waals surface area contributed by atoms with E-state index in [0.717, 1.165) is 5.75 Å². The number of piperidine rings is 1. The molecular formula is C19H26N4O4S. The fourth-order valence-corrected chi connectivity index (χ4v) is 5.11. The zero-order valence-electron chi connectivity index (χ0n) is 16.4. The Morgan fingerprint density at radius 2 is 1.75 bits per heavy atom. The molecule has 3 amide bonds. The lowest BCUT2D eigenvalue weighted by Gasteiger charge is -2.44. The summed E-state index contributed by atoms with van der Waals surface area (Å²) >= 11 is 1.77. The van der Waals surface area contributed by atoms with Gasteiger partial charge in [0, 0.05) is 48.6 Å². The van der Waals surface area contributed by atoms with Crippen LogP contribution in [0.4, 0.5) is 10.5 Å². The summed E-state index contributed by atoms with van der Waals surface area (Å²) in [5.74, 6) is 0.750. The first-order valence-corrected chi connectivity index (χ1v) is 10.4. The summed E-state index contributed by atoms with van der Waals surface area (Å²) in [7, 11) is 0. The number of rotatable bonds is 2. The zero-order valence-corrected chi connectivity index (χ0v) is 17.3. The molecule has 2 aliphatic rings. The molecule has 1 aromatic carbocycles. The third-order valence-corrected chi connectivity index (χ3v) is 6.61. The van der Waals surface area contributed by atoms with E-state index in [0.29, 0.717) is 38.0 Å². The van der Waals surface area contributed by atoms with Crippen LogP contribution in [0.25, 0.3) is 0 Å². The van der Waals surface area contributed by atoms with Gasteiger partial charge in [0.25, 0.3) is 11.6 Å². The molecule has 2 aliphatic heterocycles. The summed E-state index contributed by atoms with van der Waals surface area (Å²) in [6.07, 6.45) is 1.43. The molecule has 0 atom stereocenters. The summed E-state index contributed by atoms with van der Waals surface area (Å²) in [4.78, 5) is 39.2. The Kier molecular flexibility index (Phi) is 5.56. The Bertz CT molecular complexity index is 767. The number of hydrogen-bond acceptors (Lipinski definition) is 5. The Morgan fingerprint density at radius 1 is 1.14 bits per heavy atom. The maximum atomic E-state index is 13.1. The van der Waals surface area contributed by atoms with Gasteiger partial charge in [0.05, 0.1) is 9.79 Å². The van der Waals surface area contributed by atoms with Gasteiger partial charge in [0.1, 0.15) is 0 Å². The number of benzene rings is 1. The van der Waals surface area contributed by atoms with Gasteiger partial charge in [-0.15, -0.1) is 11.8 Å². The molecular weight excluding hydrogens is 380 g/mol. The van der Waals surface area contributed by atoms with Crippen molar-refractivity contribution in [1.29, 1.82) is 0 Å². The van der Waals surface area contributed by atoms with Crippen molar-refractivity contribution in [3.8, 4) is 0 Å². The number of nitro groups is 1. The van der Waals surface area contributed by atoms with E-state index in [9.17, 15) is 19.7 Å². The van der Waals surface area contributed by atoms with E-state index in [2.05, 4.69) is 5.32 Å². The topological polar surface area (TPSA) is 95.8 Å². The number of nitrogens with zero attached hydrogens (tertiary/aromatic N) is 3. The molecule has 0 radical (unpaired) electrons. The fourth-order valence-electron chi connectivity index (χ4n) is 3.65. The maximum Gasteiger partial charge on any atom is 0.317 e. The van der Waals surface area contributed by atoms with Gasteiger partial charge >= 0.3 is 6.03 Å². The van der Waals surface area contributed by atoms with Crippen molar-refractivity contribution in [2.24, 2.45) is 0 Å². The molecule has 1 spiro atoms. The Balaban J connectivity index is 1.68. The molecule has 0 aliphatic carbocycles. The number of nitro benzene ring substituents is 1. The van der Waals surface area contributed by atoms with Crippen LogP contribution in [0, 0.1) is 10.1 Å². The molecule has 0 saturated carbocycles. The van der Waals surface area contributed by atoms with Gasteiger partial charge in [0.2, 0.25) is 0 Å². The van der Waals surface area contributed by atoms with E-state index in [1.54, 1.807) is 11.8 Å². The predicted octanol–water partition coefficient (Wildman–Crippen LogP) is 3.08. The molecule has 8 nitrogen and oxygen atoms in total. The van der Waals surface area contributed by atoms with Crippen molar-refractivity contribution < 1.29 is 14.5 Å². The second-order valence-electron chi connectivity index (χ2n) is 8.22. The zero-order chi connectivity index (χ0) is 20.5. The van der Waals surface area contributed by atoms with Gasteiger partial charge < -0.3 is 15.1 Å². The van der Waals surface area contributed by atoms with Gasteiger partial charge in [0.15, 0.2) is 0 Å². The van der Waals surface area contributed by atoms with Crippen LogP contribution in [-0.4, -0.2) is 62.5 Å². The van der Waals surface area contributed by atoms with Crippen molar-refractivity contribution in [3.05, 3.63) is 39.9 Å². The monoisotopic (exact) mass is 406 g/mol. The van der Waals surface area contributed by atoms with Crippen LogP contribution in [0.3, 0.4) is 0 Å². The molecule has 152 valence electrons. The van der Waals surface area contributed by atoms with E-state index in [-0.39, 0.29) is 28.0 Å². The first-order chi connectivity index (χ1) is 13.1. The van der Waals surface area contributed by atoms with Crippen LogP contribution in [0.2, 0.25) is 0 Å². The smallest absolute Gasteiger partial charge is 0.317 e. The predicted molar refractivity (Wildman–Crippen MR) is 108 cm³/mol. The minimum absolute atomic E-state index is 0.0276.